The molecule has 0 saturated heterocycles. The fourth-order valence-electron chi connectivity index (χ4n) is 3.44. The molecule has 0 unspecified atom stereocenters. The molecule has 2 aromatic carbocycles. The smallest absolute Gasteiger partial charge is 0.224 e. The van der Waals surface area contributed by atoms with Crippen LogP contribution < -0.4 is 5.32 Å². The van der Waals surface area contributed by atoms with E-state index in [1.54, 1.807) is 29.7 Å². The van der Waals surface area contributed by atoms with Crippen molar-refractivity contribution >= 4 is 17.3 Å². The fourth-order valence-corrected chi connectivity index (χ4v) is 4.09. The number of nitrogens with zero attached hydrogens (tertiary/aromatic N) is 4. The molecule has 5 nitrogen and oxygen atoms in total. The van der Waals surface area contributed by atoms with Gasteiger partial charge in [0.15, 0.2) is 0 Å². The Labute approximate surface area is 189 Å². The first-order valence-electron chi connectivity index (χ1n) is 10.3. The van der Waals surface area contributed by atoms with E-state index in [9.17, 15) is 4.39 Å². The monoisotopic (exact) mass is 441 g/mol. The lowest BCUT2D eigenvalue weighted by molar-refractivity contribution is 0.628. The predicted octanol–water partition coefficient (Wildman–Crippen LogP) is 5.85. The zero-order chi connectivity index (χ0) is 21.8. The van der Waals surface area contributed by atoms with Crippen LogP contribution >= 0.6 is 11.3 Å². The molecule has 0 atom stereocenters. The lowest BCUT2D eigenvalue weighted by atomic mass is 10.1. The van der Waals surface area contributed by atoms with Gasteiger partial charge in [-0.1, -0.05) is 30.3 Å². The Morgan fingerprint density at radius 1 is 0.906 bits per heavy atom. The van der Waals surface area contributed by atoms with E-state index < -0.39 is 0 Å². The van der Waals surface area contributed by atoms with Gasteiger partial charge in [0.25, 0.3) is 0 Å². The largest absolute Gasteiger partial charge is 0.354 e. The number of halogens is 1. The number of nitrogens with one attached hydrogen (secondary N) is 1. The lowest BCUT2D eigenvalue weighted by Gasteiger charge is -2.09. The predicted molar refractivity (Wildman–Crippen MR) is 126 cm³/mol. The van der Waals surface area contributed by atoms with Crippen LogP contribution in [0.2, 0.25) is 0 Å². The molecule has 5 rings (SSSR count). The van der Waals surface area contributed by atoms with Crippen molar-refractivity contribution in [3.8, 4) is 28.5 Å². The molecule has 0 amide bonds. The minimum Gasteiger partial charge on any atom is -0.354 e. The van der Waals surface area contributed by atoms with Gasteiger partial charge in [-0.25, -0.2) is 14.4 Å². The Balaban J connectivity index is 1.45. The van der Waals surface area contributed by atoms with Gasteiger partial charge in [0.05, 0.1) is 5.69 Å². The van der Waals surface area contributed by atoms with Gasteiger partial charge in [-0.2, -0.15) is 16.3 Å². The highest BCUT2D eigenvalue weighted by Gasteiger charge is 2.15. The van der Waals surface area contributed by atoms with Crippen molar-refractivity contribution in [2.75, 3.05) is 11.9 Å². The quantitative estimate of drug-likeness (QED) is 0.344. The van der Waals surface area contributed by atoms with Gasteiger partial charge in [0, 0.05) is 35.4 Å². The highest BCUT2D eigenvalue weighted by Crippen LogP contribution is 2.28. The van der Waals surface area contributed by atoms with Crippen molar-refractivity contribution in [1.82, 2.24) is 19.5 Å². The molecule has 5 aromatic rings. The van der Waals surface area contributed by atoms with Crippen molar-refractivity contribution in [2.45, 2.75) is 6.42 Å². The molecule has 0 saturated carbocycles. The summed E-state index contributed by atoms with van der Waals surface area (Å²) in [6.07, 6.45) is 4.56. The maximum Gasteiger partial charge on any atom is 0.224 e. The number of rotatable bonds is 7. The maximum atomic E-state index is 13.5. The second-order valence-corrected chi connectivity index (χ2v) is 8.02. The van der Waals surface area contributed by atoms with Gasteiger partial charge >= 0.3 is 0 Å². The Morgan fingerprint density at radius 3 is 2.53 bits per heavy atom. The summed E-state index contributed by atoms with van der Waals surface area (Å²) in [4.78, 5) is 13.9. The average molecular weight is 442 g/mol. The summed E-state index contributed by atoms with van der Waals surface area (Å²) in [7, 11) is 0. The third-order valence-corrected chi connectivity index (χ3v) is 5.74. The van der Waals surface area contributed by atoms with Crippen LogP contribution in [0.1, 0.15) is 5.56 Å². The molecule has 0 aliphatic heterocycles. The molecule has 0 spiro atoms. The normalized spacial score (nSPS) is 10.9. The van der Waals surface area contributed by atoms with Crippen LogP contribution in [-0.2, 0) is 6.42 Å². The second-order valence-electron chi connectivity index (χ2n) is 7.24. The molecule has 3 heterocycles. The summed E-state index contributed by atoms with van der Waals surface area (Å²) >= 11 is 1.62. The summed E-state index contributed by atoms with van der Waals surface area (Å²) in [5, 5.41) is 7.37. The van der Waals surface area contributed by atoms with Crippen molar-refractivity contribution in [3.05, 3.63) is 101 Å². The molecule has 1 N–H and O–H groups in total. The number of aromatic nitrogens is 4. The highest BCUT2D eigenvalue weighted by atomic mass is 32.1. The van der Waals surface area contributed by atoms with Crippen LogP contribution in [0.25, 0.3) is 28.5 Å². The third-order valence-electron chi connectivity index (χ3n) is 5.05. The first-order valence-corrected chi connectivity index (χ1v) is 11.2. The number of thiophene rings is 1. The van der Waals surface area contributed by atoms with Gasteiger partial charge in [0.2, 0.25) is 5.95 Å². The zero-order valence-corrected chi connectivity index (χ0v) is 18.0. The lowest BCUT2D eigenvalue weighted by Crippen LogP contribution is -2.09. The van der Waals surface area contributed by atoms with Crippen LogP contribution in [0.3, 0.4) is 0 Å². The van der Waals surface area contributed by atoms with Gasteiger partial charge in [-0.05, 0) is 53.8 Å². The van der Waals surface area contributed by atoms with E-state index in [2.05, 4.69) is 27.8 Å². The molecule has 0 radical (unpaired) electrons. The van der Waals surface area contributed by atoms with E-state index in [0.717, 1.165) is 29.8 Å². The van der Waals surface area contributed by atoms with E-state index in [1.165, 1.54) is 17.7 Å². The Morgan fingerprint density at radius 2 is 1.75 bits per heavy atom. The van der Waals surface area contributed by atoms with Gasteiger partial charge in [-0.15, -0.1) is 0 Å². The van der Waals surface area contributed by atoms with E-state index >= 15 is 0 Å². The molecule has 158 valence electrons. The Kier molecular flexibility index (Phi) is 5.72. The number of hydrogen-bond acceptors (Lipinski definition) is 5. The van der Waals surface area contributed by atoms with Crippen LogP contribution in [0.15, 0.2) is 89.9 Å². The van der Waals surface area contributed by atoms with E-state index in [4.69, 9.17) is 9.97 Å². The molecular formula is C25H20FN5S. The second kappa shape index (κ2) is 9.11. The molecule has 0 fully saturated rings. The molecule has 7 heteroatoms. The van der Waals surface area contributed by atoms with Crippen LogP contribution in [-0.4, -0.2) is 26.1 Å². The average Bonchev–Trinajstić information content (AvgIpc) is 3.51. The first kappa shape index (κ1) is 20.1. The maximum absolute atomic E-state index is 13.5. The summed E-state index contributed by atoms with van der Waals surface area (Å²) in [6.45, 7) is 0.725. The molecule has 32 heavy (non-hydrogen) atoms. The SMILES string of the molecule is Fc1ccc(-c2nc(-c3ccsc3)cn2-c2ccnc(NCCc3ccccc3)n2)cc1. The van der Waals surface area contributed by atoms with Gasteiger partial charge in [-0.3, -0.25) is 4.57 Å². The minimum absolute atomic E-state index is 0.281. The number of benzene rings is 2. The fraction of sp³-hybridized carbons (Fsp3) is 0.0800. The van der Waals surface area contributed by atoms with Crippen molar-refractivity contribution in [3.63, 3.8) is 0 Å². The van der Waals surface area contributed by atoms with Crippen molar-refractivity contribution in [1.29, 1.82) is 0 Å². The van der Waals surface area contributed by atoms with Gasteiger partial charge in [0.1, 0.15) is 17.5 Å². The molecule has 3 aromatic heterocycles. The van der Waals surface area contributed by atoms with E-state index in [0.29, 0.717) is 17.6 Å². The summed E-state index contributed by atoms with van der Waals surface area (Å²) in [5.41, 5.74) is 3.94. The summed E-state index contributed by atoms with van der Waals surface area (Å²) in [6, 6.07) is 20.5. The van der Waals surface area contributed by atoms with Crippen molar-refractivity contribution < 1.29 is 4.39 Å². The van der Waals surface area contributed by atoms with Crippen LogP contribution in [0.4, 0.5) is 10.3 Å². The summed E-state index contributed by atoms with van der Waals surface area (Å²) in [5.74, 6) is 1.65. The molecule has 0 aliphatic rings. The van der Waals surface area contributed by atoms with Crippen LogP contribution in [0.5, 0.6) is 0 Å². The first-order chi connectivity index (χ1) is 15.8. The number of imidazole rings is 1. The molecule has 0 bridgehead atoms. The number of hydrogen-bond donors (Lipinski definition) is 1. The molecular weight excluding hydrogens is 421 g/mol. The van der Waals surface area contributed by atoms with E-state index in [-0.39, 0.29) is 5.82 Å². The minimum atomic E-state index is -0.281. The Hall–Kier alpha value is -3.84. The highest BCUT2D eigenvalue weighted by molar-refractivity contribution is 7.08. The Bertz CT molecular complexity index is 1300. The third kappa shape index (κ3) is 4.43. The number of anilines is 1. The summed E-state index contributed by atoms with van der Waals surface area (Å²) < 4.78 is 15.4. The molecule has 0 aliphatic carbocycles. The van der Waals surface area contributed by atoms with Crippen LogP contribution in [0, 0.1) is 5.82 Å². The topological polar surface area (TPSA) is 55.6 Å². The van der Waals surface area contributed by atoms with Crippen molar-refractivity contribution in [2.24, 2.45) is 0 Å². The zero-order valence-electron chi connectivity index (χ0n) is 17.1. The standard InChI is InChI=1S/C25H20FN5S/c26-21-8-6-19(7-9-21)24-29-22(20-12-15-32-17-20)16-31(24)23-11-14-28-25(30-23)27-13-10-18-4-2-1-3-5-18/h1-9,11-12,14-17H,10,13H2,(H,27,28,30). The van der Waals surface area contributed by atoms with Gasteiger partial charge < -0.3 is 5.32 Å². The van der Waals surface area contributed by atoms with E-state index in [1.807, 2.05) is 46.5 Å².